The van der Waals surface area contributed by atoms with Gasteiger partial charge < -0.3 is 5.11 Å². The third kappa shape index (κ3) is 6.59. The summed E-state index contributed by atoms with van der Waals surface area (Å²) in [6.07, 6.45) is 14.5. The van der Waals surface area contributed by atoms with Crippen LogP contribution in [0.3, 0.4) is 0 Å². The highest BCUT2D eigenvalue weighted by atomic mass is 16.3. The van der Waals surface area contributed by atoms with Crippen LogP contribution in [0.4, 0.5) is 0 Å². The standard InChI is InChI=1S/C25H35N3O/c1-2-3-4-5-6-7-8-9-10-11-14-21-17-18-25(29)22(19-21)20-28-24-16-13-12-15-23(24)26-27-28/h12-13,15-19,29H,2-11,14,20H2,1H3/p-1. The lowest BCUT2D eigenvalue weighted by Crippen LogP contribution is -2.06. The topological polar surface area (TPSA) is 53.8 Å². The van der Waals surface area contributed by atoms with E-state index in [-0.39, 0.29) is 5.75 Å². The Kier molecular flexibility index (Phi) is 8.54. The maximum absolute atomic E-state index is 12.3. The molecule has 0 N–H and O–H groups in total. The number of para-hydroxylation sites is 1. The van der Waals surface area contributed by atoms with Crippen molar-refractivity contribution in [3.8, 4) is 5.75 Å². The number of aryl methyl sites for hydroxylation is 1. The second-order valence-corrected chi connectivity index (χ2v) is 8.11. The highest BCUT2D eigenvalue weighted by Crippen LogP contribution is 2.21. The minimum absolute atomic E-state index is 0.0800. The summed E-state index contributed by atoms with van der Waals surface area (Å²) in [5, 5.41) is 20.7. The summed E-state index contributed by atoms with van der Waals surface area (Å²) in [5.74, 6) is 0.0800. The Labute approximate surface area is 175 Å². The molecule has 0 atom stereocenters. The average molecular weight is 393 g/mol. The minimum Gasteiger partial charge on any atom is -0.872 e. The Morgan fingerprint density at radius 2 is 1.52 bits per heavy atom. The van der Waals surface area contributed by atoms with Crippen molar-refractivity contribution >= 4 is 11.0 Å². The predicted molar refractivity (Wildman–Crippen MR) is 118 cm³/mol. The van der Waals surface area contributed by atoms with E-state index in [1.165, 1.54) is 69.8 Å². The molecule has 4 heteroatoms. The SMILES string of the molecule is CCCCCCCCCCCCc1ccc([O-])c(Cn2nnc3ccccc32)c1. The number of hydrogen-bond donors (Lipinski definition) is 0. The minimum atomic E-state index is 0.0800. The molecule has 3 rings (SSSR count). The summed E-state index contributed by atoms with van der Waals surface area (Å²) >= 11 is 0. The van der Waals surface area contributed by atoms with E-state index in [0.717, 1.165) is 23.0 Å². The van der Waals surface area contributed by atoms with Crippen molar-refractivity contribution in [2.24, 2.45) is 0 Å². The molecule has 0 aliphatic carbocycles. The molecular weight excluding hydrogens is 358 g/mol. The van der Waals surface area contributed by atoms with Gasteiger partial charge in [0.2, 0.25) is 0 Å². The summed E-state index contributed by atoms with van der Waals surface area (Å²) in [6, 6.07) is 13.6. The fourth-order valence-corrected chi connectivity index (χ4v) is 3.92. The maximum Gasteiger partial charge on any atom is 0.113 e. The molecule has 0 aliphatic heterocycles. The van der Waals surface area contributed by atoms with E-state index in [4.69, 9.17) is 0 Å². The van der Waals surface area contributed by atoms with Crippen LogP contribution in [0.2, 0.25) is 0 Å². The Balaban J connectivity index is 1.42. The average Bonchev–Trinajstić information content (AvgIpc) is 3.14. The van der Waals surface area contributed by atoms with Crippen molar-refractivity contribution in [1.82, 2.24) is 15.0 Å². The summed E-state index contributed by atoms with van der Waals surface area (Å²) in [5.41, 5.74) is 3.88. The zero-order chi connectivity index (χ0) is 20.3. The van der Waals surface area contributed by atoms with E-state index < -0.39 is 0 Å². The Bertz CT molecular complexity index is 871. The van der Waals surface area contributed by atoms with Crippen LogP contribution in [-0.4, -0.2) is 15.0 Å². The maximum atomic E-state index is 12.3. The first-order chi connectivity index (χ1) is 14.3. The largest absolute Gasteiger partial charge is 0.872 e. The van der Waals surface area contributed by atoms with E-state index in [2.05, 4.69) is 23.3 Å². The van der Waals surface area contributed by atoms with Crippen LogP contribution in [0.5, 0.6) is 5.75 Å². The van der Waals surface area contributed by atoms with Gasteiger partial charge in [0.1, 0.15) is 5.52 Å². The molecule has 0 amide bonds. The number of hydrogen-bond acceptors (Lipinski definition) is 3. The molecule has 0 spiro atoms. The lowest BCUT2D eigenvalue weighted by atomic mass is 10.0. The van der Waals surface area contributed by atoms with Gasteiger partial charge in [0.25, 0.3) is 0 Å². The van der Waals surface area contributed by atoms with Gasteiger partial charge >= 0.3 is 0 Å². The molecule has 0 aliphatic rings. The molecule has 2 aromatic carbocycles. The van der Waals surface area contributed by atoms with Gasteiger partial charge in [0.15, 0.2) is 0 Å². The van der Waals surface area contributed by atoms with Crippen molar-refractivity contribution in [1.29, 1.82) is 0 Å². The first-order valence-corrected chi connectivity index (χ1v) is 11.3. The van der Waals surface area contributed by atoms with E-state index in [0.29, 0.717) is 6.54 Å². The summed E-state index contributed by atoms with van der Waals surface area (Å²) in [6.45, 7) is 2.75. The Hall–Kier alpha value is -2.36. The van der Waals surface area contributed by atoms with Gasteiger partial charge in [-0.1, -0.05) is 100 Å². The van der Waals surface area contributed by atoms with Crippen LogP contribution in [-0.2, 0) is 13.0 Å². The monoisotopic (exact) mass is 392 g/mol. The molecule has 0 saturated heterocycles. The number of aromatic nitrogens is 3. The van der Waals surface area contributed by atoms with Crippen LogP contribution >= 0.6 is 0 Å². The van der Waals surface area contributed by atoms with E-state index >= 15 is 0 Å². The lowest BCUT2D eigenvalue weighted by molar-refractivity contribution is -0.269. The number of benzene rings is 2. The fourth-order valence-electron chi connectivity index (χ4n) is 3.92. The van der Waals surface area contributed by atoms with Crippen LogP contribution < -0.4 is 5.11 Å². The van der Waals surface area contributed by atoms with Crippen LogP contribution in [0.15, 0.2) is 42.5 Å². The molecule has 29 heavy (non-hydrogen) atoms. The third-order valence-electron chi connectivity index (χ3n) is 5.68. The van der Waals surface area contributed by atoms with Gasteiger partial charge in [-0.15, -0.1) is 10.8 Å². The second kappa shape index (κ2) is 11.6. The summed E-state index contributed by atoms with van der Waals surface area (Å²) < 4.78 is 1.82. The van der Waals surface area contributed by atoms with E-state index in [1.807, 2.05) is 35.0 Å². The highest BCUT2D eigenvalue weighted by Gasteiger charge is 2.06. The first kappa shape index (κ1) is 21.4. The van der Waals surface area contributed by atoms with Crippen molar-refractivity contribution in [3.05, 3.63) is 53.6 Å². The summed E-state index contributed by atoms with van der Waals surface area (Å²) in [7, 11) is 0. The van der Waals surface area contributed by atoms with Crippen molar-refractivity contribution in [2.45, 2.75) is 84.1 Å². The normalized spacial score (nSPS) is 11.3. The van der Waals surface area contributed by atoms with E-state index in [1.54, 1.807) is 6.07 Å². The molecule has 0 saturated carbocycles. The number of rotatable bonds is 13. The first-order valence-electron chi connectivity index (χ1n) is 11.3. The molecule has 0 radical (unpaired) electrons. The second-order valence-electron chi connectivity index (χ2n) is 8.11. The quantitative estimate of drug-likeness (QED) is 0.334. The van der Waals surface area contributed by atoms with Gasteiger partial charge in [-0.25, -0.2) is 4.68 Å². The summed E-state index contributed by atoms with van der Waals surface area (Å²) in [4.78, 5) is 0. The molecule has 4 nitrogen and oxygen atoms in total. The zero-order valence-electron chi connectivity index (χ0n) is 17.8. The molecule has 156 valence electrons. The number of fused-ring (bicyclic) bond motifs is 1. The Morgan fingerprint density at radius 3 is 2.28 bits per heavy atom. The molecule has 0 unspecified atom stereocenters. The van der Waals surface area contributed by atoms with E-state index in [9.17, 15) is 5.11 Å². The van der Waals surface area contributed by atoms with Crippen LogP contribution in [0, 0.1) is 0 Å². The van der Waals surface area contributed by atoms with Gasteiger partial charge in [-0.2, -0.15) is 0 Å². The Morgan fingerprint density at radius 1 is 0.828 bits per heavy atom. The molecule has 0 bridgehead atoms. The van der Waals surface area contributed by atoms with Crippen LogP contribution in [0.1, 0.15) is 82.3 Å². The van der Waals surface area contributed by atoms with Gasteiger partial charge in [0, 0.05) is 0 Å². The van der Waals surface area contributed by atoms with Crippen molar-refractivity contribution in [2.75, 3.05) is 0 Å². The fraction of sp³-hybridized carbons (Fsp3) is 0.520. The van der Waals surface area contributed by atoms with Crippen molar-refractivity contribution in [3.63, 3.8) is 0 Å². The molecule has 0 fully saturated rings. The smallest absolute Gasteiger partial charge is 0.113 e. The van der Waals surface area contributed by atoms with Gasteiger partial charge in [0.05, 0.1) is 12.1 Å². The molecular formula is C25H34N3O-. The predicted octanol–water partition coefficient (Wildman–Crippen LogP) is 6.02. The van der Waals surface area contributed by atoms with Crippen molar-refractivity contribution < 1.29 is 5.11 Å². The highest BCUT2D eigenvalue weighted by molar-refractivity contribution is 5.73. The number of unbranched alkanes of at least 4 members (excludes halogenated alkanes) is 9. The molecule has 3 aromatic rings. The third-order valence-corrected chi connectivity index (χ3v) is 5.68. The van der Waals surface area contributed by atoms with Gasteiger partial charge in [-0.3, -0.25) is 0 Å². The van der Waals surface area contributed by atoms with Gasteiger partial charge in [-0.05, 0) is 36.1 Å². The molecule has 1 heterocycles. The molecule has 1 aromatic heterocycles. The lowest BCUT2D eigenvalue weighted by Gasteiger charge is -2.15. The zero-order valence-corrected chi connectivity index (χ0v) is 17.8. The number of nitrogens with zero attached hydrogens (tertiary/aromatic N) is 3. The van der Waals surface area contributed by atoms with Crippen LogP contribution in [0.25, 0.3) is 11.0 Å².